The van der Waals surface area contributed by atoms with Gasteiger partial charge in [-0.2, -0.15) is 18.3 Å². The van der Waals surface area contributed by atoms with Crippen molar-refractivity contribution in [1.82, 2.24) is 25.0 Å². The van der Waals surface area contributed by atoms with Gasteiger partial charge in [-0.25, -0.2) is 9.67 Å². The number of nitrogens with one attached hydrogen (secondary N) is 1. The molecule has 2 aromatic heterocycles. The second-order valence-corrected chi connectivity index (χ2v) is 8.79. The summed E-state index contributed by atoms with van der Waals surface area (Å²) in [7, 11) is 2.15. The van der Waals surface area contributed by atoms with Crippen LogP contribution < -0.4 is 5.32 Å². The number of amides is 1. The highest BCUT2D eigenvalue weighted by molar-refractivity contribution is 5.95. The minimum atomic E-state index is -4.45. The van der Waals surface area contributed by atoms with Crippen molar-refractivity contribution in [3.8, 4) is 5.82 Å². The zero-order valence-electron chi connectivity index (χ0n) is 19.0. The predicted octanol–water partition coefficient (Wildman–Crippen LogP) is 4.79. The topological polar surface area (TPSA) is 63.1 Å². The Morgan fingerprint density at radius 2 is 1.94 bits per heavy atom. The maximum Gasteiger partial charge on any atom is 0.417 e. The molecule has 1 aliphatic carbocycles. The number of halogens is 3. The molecule has 0 radical (unpaired) electrons. The van der Waals surface area contributed by atoms with Crippen molar-refractivity contribution in [2.45, 2.75) is 70.5 Å². The summed E-state index contributed by atoms with van der Waals surface area (Å²) >= 11 is 0. The zero-order chi connectivity index (χ0) is 23.3. The van der Waals surface area contributed by atoms with Crippen molar-refractivity contribution in [1.29, 1.82) is 0 Å². The molecule has 2 heterocycles. The Labute approximate surface area is 187 Å². The molecule has 3 rings (SSSR count). The molecular weight excluding hydrogens is 419 g/mol. The van der Waals surface area contributed by atoms with Crippen LogP contribution in [-0.2, 0) is 6.18 Å². The first-order valence-electron chi connectivity index (χ1n) is 11.3. The van der Waals surface area contributed by atoms with E-state index in [0.29, 0.717) is 23.8 Å². The van der Waals surface area contributed by atoms with Crippen LogP contribution in [0.3, 0.4) is 0 Å². The molecule has 1 aliphatic rings. The minimum absolute atomic E-state index is 0.0697. The lowest BCUT2D eigenvalue weighted by atomic mass is 9.94. The van der Waals surface area contributed by atoms with E-state index in [1.165, 1.54) is 49.0 Å². The average Bonchev–Trinajstić information content (AvgIpc) is 3.22. The van der Waals surface area contributed by atoms with Crippen molar-refractivity contribution < 1.29 is 18.0 Å². The van der Waals surface area contributed by atoms with E-state index >= 15 is 0 Å². The molecule has 2 aromatic rings. The fraction of sp³-hybridized carbons (Fsp3) is 0.609. The predicted molar refractivity (Wildman–Crippen MR) is 117 cm³/mol. The van der Waals surface area contributed by atoms with Gasteiger partial charge in [-0.05, 0) is 50.9 Å². The highest BCUT2D eigenvalue weighted by Gasteiger charge is 2.31. The van der Waals surface area contributed by atoms with Crippen LogP contribution in [0.15, 0.2) is 24.5 Å². The maximum atomic E-state index is 12.8. The van der Waals surface area contributed by atoms with Gasteiger partial charge in [0.1, 0.15) is 0 Å². The minimum Gasteiger partial charge on any atom is -0.352 e. The van der Waals surface area contributed by atoms with Crippen molar-refractivity contribution in [2.24, 2.45) is 0 Å². The Hall–Kier alpha value is -2.42. The molecule has 1 amide bonds. The van der Waals surface area contributed by atoms with Gasteiger partial charge in [-0.3, -0.25) is 4.79 Å². The number of alkyl halides is 3. The molecule has 1 fully saturated rings. The van der Waals surface area contributed by atoms with Crippen LogP contribution in [0, 0.1) is 0 Å². The van der Waals surface area contributed by atoms with E-state index in [9.17, 15) is 18.0 Å². The van der Waals surface area contributed by atoms with Gasteiger partial charge in [0.15, 0.2) is 5.82 Å². The van der Waals surface area contributed by atoms with Gasteiger partial charge < -0.3 is 10.2 Å². The Morgan fingerprint density at radius 1 is 1.22 bits per heavy atom. The molecule has 1 N–H and O–H groups in total. The fourth-order valence-corrected chi connectivity index (χ4v) is 4.28. The molecule has 6 nitrogen and oxygen atoms in total. The van der Waals surface area contributed by atoms with E-state index in [1.807, 2.05) is 13.8 Å². The number of aromatic nitrogens is 3. The smallest absolute Gasteiger partial charge is 0.352 e. The summed E-state index contributed by atoms with van der Waals surface area (Å²) in [6.45, 7) is 5.30. The first-order chi connectivity index (χ1) is 15.2. The number of pyridine rings is 1. The number of hydrogen-bond donors (Lipinski definition) is 1. The van der Waals surface area contributed by atoms with E-state index in [2.05, 4.69) is 27.3 Å². The molecule has 0 aromatic carbocycles. The second-order valence-electron chi connectivity index (χ2n) is 8.79. The van der Waals surface area contributed by atoms with E-state index < -0.39 is 11.7 Å². The van der Waals surface area contributed by atoms with Gasteiger partial charge in [-0.15, -0.1) is 0 Å². The lowest BCUT2D eigenvalue weighted by Gasteiger charge is -2.31. The van der Waals surface area contributed by atoms with E-state index in [1.54, 1.807) is 0 Å². The largest absolute Gasteiger partial charge is 0.417 e. The number of carbonyl (C=O) groups is 1. The Morgan fingerprint density at radius 3 is 2.53 bits per heavy atom. The number of nitrogens with zero attached hydrogens (tertiary/aromatic N) is 4. The van der Waals surface area contributed by atoms with Crippen LogP contribution in [-0.4, -0.2) is 51.8 Å². The molecule has 0 aliphatic heterocycles. The molecule has 0 saturated heterocycles. The van der Waals surface area contributed by atoms with Gasteiger partial charge in [-0.1, -0.05) is 33.1 Å². The van der Waals surface area contributed by atoms with Gasteiger partial charge in [0.2, 0.25) is 0 Å². The third kappa shape index (κ3) is 5.88. The second kappa shape index (κ2) is 10.5. The molecule has 1 saturated carbocycles. The monoisotopic (exact) mass is 451 g/mol. The number of hydrogen-bond acceptors (Lipinski definition) is 4. The molecule has 176 valence electrons. The summed E-state index contributed by atoms with van der Waals surface area (Å²) in [5.41, 5.74) is 0.215. The third-order valence-corrected chi connectivity index (χ3v) is 6.06. The van der Waals surface area contributed by atoms with E-state index in [-0.39, 0.29) is 17.6 Å². The Bertz CT molecular complexity index is 886. The molecule has 0 atom stereocenters. The van der Waals surface area contributed by atoms with Crippen molar-refractivity contribution in [3.63, 3.8) is 0 Å². The molecule has 9 heteroatoms. The fourth-order valence-electron chi connectivity index (χ4n) is 4.28. The average molecular weight is 452 g/mol. The van der Waals surface area contributed by atoms with E-state index in [0.717, 1.165) is 25.2 Å². The summed E-state index contributed by atoms with van der Waals surface area (Å²) in [6.07, 6.45) is 5.05. The molecule has 32 heavy (non-hydrogen) atoms. The van der Waals surface area contributed by atoms with Crippen LogP contribution >= 0.6 is 0 Å². The normalized spacial score (nSPS) is 15.5. The summed E-state index contributed by atoms with van der Waals surface area (Å²) in [4.78, 5) is 19.1. The summed E-state index contributed by atoms with van der Waals surface area (Å²) in [5.74, 6) is -0.0539. The molecule has 0 unspecified atom stereocenters. The van der Waals surface area contributed by atoms with Gasteiger partial charge in [0.25, 0.3) is 5.91 Å². The maximum absolute atomic E-state index is 12.8. The van der Waals surface area contributed by atoms with Gasteiger partial charge in [0.05, 0.1) is 23.0 Å². The summed E-state index contributed by atoms with van der Waals surface area (Å²) < 4.78 is 39.9. The van der Waals surface area contributed by atoms with Crippen LogP contribution in [0.5, 0.6) is 0 Å². The lowest BCUT2D eigenvalue weighted by Crippen LogP contribution is -2.36. The quantitative estimate of drug-likeness (QED) is 0.586. The van der Waals surface area contributed by atoms with Crippen LogP contribution in [0.1, 0.15) is 79.9 Å². The zero-order valence-corrected chi connectivity index (χ0v) is 19.0. The highest BCUT2D eigenvalue weighted by Crippen LogP contribution is 2.29. The first-order valence-corrected chi connectivity index (χ1v) is 11.3. The van der Waals surface area contributed by atoms with E-state index in [4.69, 9.17) is 0 Å². The highest BCUT2D eigenvalue weighted by atomic mass is 19.4. The van der Waals surface area contributed by atoms with Crippen molar-refractivity contribution >= 4 is 5.91 Å². The van der Waals surface area contributed by atoms with Gasteiger partial charge >= 0.3 is 6.18 Å². The third-order valence-electron chi connectivity index (χ3n) is 6.06. The van der Waals surface area contributed by atoms with Crippen LogP contribution in [0.25, 0.3) is 5.82 Å². The van der Waals surface area contributed by atoms with Crippen molar-refractivity contribution in [3.05, 3.63) is 41.3 Å². The lowest BCUT2D eigenvalue weighted by molar-refractivity contribution is -0.137. The van der Waals surface area contributed by atoms with Crippen molar-refractivity contribution in [2.75, 3.05) is 20.1 Å². The number of carbonyl (C=O) groups excluding carboxylic acids is 1. The van der Waals surface area contributed by atoms with Gasteiger partial charge in [0, 0.05) is 18.8 Å². The summed E-state index contributed by atoms with van der Waals surface area (Å²) in [6, 6.07) is 2.88. The standard InChI is InChI=1S/C23H32F3N5O/c1-16(2)21-19(15-29-31(21)20-11-10-17(14-28-20)23(24,25)26)22(32)27-12-7-13-30(3)18-8-5-4-6-9-18/h10-11,14-16,18H,4-9,12-13H2,1-3H3,(H,27,32). The van der Waals surface area contributed by atoms with Crippen LogP contribution in [0.4, 0.5) is 13.2 Å². The summed E-state index contributed by atoms with van der Waals surface area (Å²) in [5, 5.41) is 7.20. The first kappa shape index (κ1) is 24.2. The molecule has 0 bridgehead atoms. The Kier molecular flexibility index (Phi) is 7.92. The Balaban J connectivity index is 1.62. The molecule has 0 spiro atoms. The SMILES string of the molecule is CC(C)c1c(C(=O)NCCCN(C)C2CCCCC2)cnn1-c1ccc(C(F)(F)F)cn1. The molecular formula is C23H32F3N5O. The van der Waals surface area contributed by atoms with Crippen LogP contribution in [0.2, 0.25) is 0 Å². The number of rotatable bonds is 8.